The molecule has 0 amide bonds. The highest BCUT2D eigenvalue weighted by atomic mass is 127. The molecule has 8 nitrogen and oxygen atoms in total. The van der Waals surface area contributed by atoms with Crippen LogP contribution in [0.3, 0.4) is 0 Å². The van der Waals surface area contributed by atoms with Crippen LogP contribution in [0.5, 0.6) is 11.5 Å². The van der Waals surface area contributed by atoms with Crippen LogP contribution in [0.2, 0.25) is 0 Å². The Balaban J connectivity index is 0.00000450. The quantitative estimate of drug-likeness (QED) is 0.251. The van der Waals surface area contributed by atoms with Crippen LogP contribution in [-0.4, -0.2) is 48.7 Å². The summed E-state index contributed by atoms with van der Waals surface area (Å²) in [4.78, 5) is 4.32. The first kappa shape index (κ1) is 26.0. The fourth-order valence-electron chi connectivity index (χ4n) is 2.75. The Bertz CT molecular complexity index is 934. The van der Waals surface area contributed by atoms with E-state index in [9.17, 15) is 8.42 Å². The first-order chi connectivity index (χ1) is 13.9. The van der Waals surface area contributed by atoms with E-state index >= 15 is 0 Å². The van der Waals surface area contributed by atoms with E-state index < -0.39 is 10.0 Å². The van der Waals surface area contributed by atoms with Crippen LogP contribution in [0.4, 0.5) is 0 Å². The molecule has 0 bridgehead atoms. The minimum Gasteiger partial charge on any atom is -0.493 e. The number of methoxy groups -OCH3 is 2. The summed E-state index contributed by atoms with van der Waals surface area (Å²) in [6, 6.07) is 12.4. The topological polar surface area (TPSA) is 115 Å². The molecule has 0 unspecified atom stereocenters. The lowest BCUT2D eigenvalue weighted by Crippen LogP contribution is -2.39. The van der Waals surface area contributed by atoms with Crippen molar-refractivity contribution in [3.63, 3.8) is 0 Å². The molecule has 0 atom stereocenters. The number of nitrogens with zero attached hydrogens (tertiary/aromatic N) is 1. The predicted molar refractivity (Wildman–Crippen MR) is 130 cm³/mol. The SMILES string of the molecule is CN=C(NCCc1ccc(S(N)(=O)=O)cc1)NCCc1ccc(OC)c(OC)c1.I. The number of halogens is 1. The third kappa shape index (κ3) is 8.00. The number of benzene rings is 2. The van der Waals surface area contributed by atoms with E-state index in [1.165, 1.54) is 12.1 Å². The van der Waals surface area contributed by atoms with Crippen molar-refractivity contribution >= 4 is 40.0 Å². The Labute approximate surface area is 195 Å². The molecule has 166 valence electrons. The normalized spacial score (nSPS) is 11.4. The highest BCUT2D eigenvalue weighted by molar-refractivity contribution is 14.0. The van der Waals surface area contributed by atoms with Gasteiger partial charge in [0.15, 0.2) is 17.5 Å². The standard InChI is InChI=1S/C20H28N4O4S.HI/c1-22-20(23-12-10-15-4-7-17(8-5-15)29(21,25)26)24-13-11-16-6-9-18(27-2)19(14-16)28-3;/h4-9,14H,10-13H2,1-3H3,(H2,21,25,26)(H2,22,23,24);1H. The number of aliphatic imine (C=N–C) groups is 1. The van der Waals surface area contributed by atoms with Gasteiger partial charge in [-0.2, -0.15) is 0 Å². The molecule has 0 spiro atoms. The minimum atomic E-state index is -3.66. The lowest BCUT2D eigenvalue weighted by atomic mass is 10.1. The Morgan fingerprint density at radius 1 is 0.933 bits per heavy atom. The van der Waals surface area contributed by atoms with Crippen LogP contribution in [0, 0.1) is 0 Å². The first-order valence-corrected chi connectivity index (χ1v) is 10.7. The molecule has 0 fully saturated rings. The summed E-state index contributed by atoms with van der Waals surface area (Å²) in [5, 5.41) is 11.6. The zero-order chi connectivity index (χ0) is 21.3. The number of sulfonamides is 1. The Hall–Kier alpha value is -2.05. The van der Waals surface area contributed by atoms with Crippen molar-refractivity contribution < 1.29 is 17.9 Å². The lowest BCUT2D eigenvalue weighted by molar-refractivity contribution is 0.354. The zero-order valence-electron chi connectivity index (χ0n) is 17.3. The molecule has 0 aromatic heterocycles. The number of ether oxygens (including phenoxy) is 2. The zero-order valence-corrected chi connectivity index (χ0v) is 20.5. The summed E-state index contributed by atoms with van der Waals surface area (Å²) in [6.45, 7) is 1.36. The Morgan fingerprint density at radius 2 is 1.47 bits per heavy atom. The van der Waals surface area contributed by atoms with Crippen LogP contribution in [0.1, 0.15) is 11.1 Å². The van der Waals surface area contributed by atoms with Gasteiger partial charge in [-0.25, -0.2) is 13.6 Å². The maximum Gasteiger partial charge on any atom is 0.238 e. The second-order valence-corrected chi connectivity index (χ2v) is 7.87. The number of rotatable bonds is 9. The molecule has 0 saturated carbocycles. The number of nitrogens with two attached hydrogens (primary N) is 1. The summed E-state index contributed by atoms with van der Waals surface area (Å²) in [5.74, 6) is 2.12. The largest absolute Gasteiger partial charge is 0.493 e. The van der Waals surface area contributed by atoms with Gasteiger partial charge in [0.05, 0.1) is 19.1 Å². The Kier molecular flexibility index (Phi) is 10.9. The summed E-state index contributed by atoms with van der Waals surface area (Å²) in [7, 11) is 1.29. The van der Waals surface area contributed by atoms with Crippen LogP contribution in [-0.2, 0) is 22.9 Å². The second kappa shape index (κ2) is 12.6. The molecule has 0 heterocycles. The van der Waals surface area contributed by atoms with Gasteiger partial charge >= 0.3 is 0 Å². The molecule has 0 aliphatic rings. The van der Waals surface area contributed by atoms with E-state index in [0.29, 0.717) is 30.5 Å². The molecule has 10 heteroatoms. The van der Waals surface area contributed by atoms with Crippen molar-refractivity contribution in [3.8, 4) is 11.5 Å². The number of hydrogen-bond donors (Lipinski definition) is 3. The van der Waals surface area contributed by atoms with Crippen molar-refractivity contribution in [2.75, 3.05) is 34.4 Å². The third-order valence-corrected chi connectivity index (χ3v) is 5.26. The molecule has 2 aromatic rings. The van der Waals surface area contributed by atoms with Crippen molar-refractivity contribution in [2.24, 2.45) is 10.1 Å². The summed E-state index contributed by atoms with van der Waals surface area (Å²) < 4.78 is 33.1. The van der Waals surface area contributed by atoms with Gasteiger partial charge < -0.3 is 20.1 Å². The highest BCUT2D eigenvalue weighted by Crippen LogP contribution is 2.27. The van der Waals surface area contributed by atoms with Gasteiger partial charge in [0.25, 0.3) is 0 Å². The average Bonchev–Trinajstić information content (AvgIpc) is 2.72. The molecule has 0 saturated heterocycles. The maximum atomic E-state index is 11.3. The molecule has 0 aliphatic heterocycles. The molecule has 30 heavy (non-hydrogen) atoms. The van der Waals surface area contributed by atoms with E-state index in [1.54, 1.807) is 33.4 Å². The van der Waals surface area contributed by atoms with Crippen molar-refractivity contribution in [1.82, 2.24) is 10.6 Å². The fourth-order valence-corrected chi connectivity index (χ4v) is 3.27. The van der Waals surface area contributed by atoms with Crippen LogP contribution < -0.4 is 25.2 Å². The molecular weight excluding hydrogens is 519 g/mol. The van der Waals surface area contributed by atoms with E-state index in [2.05, 4.69) is 15.6 Å². The van der Waals surface area contributed by atoms with Gasteiger partial charge in [-0.15, -0.1) is 24.0 Å². The summed E-state index contributed by atoms with van der Waals surface area (Å²) >= 11 is 0. The van der Waals surface area contributed by atoms with Crippen LogP contribution in [0.25, 0.3) is 0 Å². The van der Waals surface area contributed by atoms with Gasteiger partial charge in [0, 0.05) is 20.1 Å². The Morgan fingerprint density at radius 3 is 1.97 bits per heavy atom. The van der Waals surface area contributed by atoms with Crippen molar-refractivity contribution in [2.45, 2.75) is 17.7 Å². The van der Waals surface area contributed by atoms with E-state index in [-0.39, 0.29) is 28.9 Å². The number of primary sulfonamides is 1. The lowest BCUT2D eigenvalue weighted by Gasteiger charge is -2.13. The monoisotopic (exact) mass is 548 g/mol. The van der Waals surface area contributed by atoms with Gasteiger partial charge in [-0.3, -0.25) is 4.99 Å². The van der Waals surface area contributed by atoms with Crippen molar-refractivity contribution in [1.29, 1.82) is 0 Å². The summed E-state index contributed by atoms with van der Waals surface area (Å²) in [5.41, 5.74) is 2.13. The van der Waals surface area contributed by atoms with Crippen LogP contribution >= 0.6 is 24.0 Å². The smallest absolute Gasteiger partial charge is 0.238 e. The summed E-state index contributed by atoms with van der Waals surface area (Å²) in [6.07, 6.45) is 1.53. The molecule has 4 N–H and O–H groups in total. The fraction of sp³-hybridized carbons (Fsp3) is 0.350. The average molecular weight is 548 g/mol. The van der Waals surface area contributed by atoms with Gasteiger partial charge in [0.2, 0.25) is 10.0 Å². The van der Waals surface area contributed by atoms with Gasteiger partial charge in [-0.05, 0) is 48.2 Å². The van der Waals surface area contributed by atoms with E-state index in [0.717, 1.165) is 24.0 Å². The van der Waals surface area contributed by atoms with Crippen molar-refractivity contribution in [3.05, 3.63) is 53.6 Å². The van der Waals surface area contributed by atoms with Crippen LogP contribution in [0.15, 0.2) is 52.4 Å². The number of guanidine groups is 1. The first-order valence-electron chi connectivity index (χ1n) is 9.14. The third-order valence-electron chi connectivity index (χ3n) is 4.34. The number of nitrogens with one attached hydrogen (secondary N) is 2. The van der Waals surface area contributed by atoms with E-state index in [1.807, 2.05) is 18.2 Å². The molecule has 0 aliphatic carbocycles. The minimum absolute atomic E-state index is 0. The molecule has 2 rings (SSSR count). The molecular formula is C20H29IN4O4S. The highest BCUT2D eigenvalue weighted by Gasteiger charge is 2.07. The molecule has 0 radical (unpaired) electrons. The second-order valence-electron chi connectivity index (χ2n) is 6.30. The van der Waals surface area contributed by atoms with Gasteiger partial charge in [-0.1, -0.05) is 18.2 Å². The predicted octanol–water partition coefficient (Wildman–Crippen LogP) is 1.92. The van der Waals surface area contributed by atoms with Gasteiger partial charge in [0.1, 0.15) is 0 Å². The maximum absolute atomic E-state index is 11.3. The molecule has 2 aromatic carbocycles. The van der Waals surface area contributed by atoms with E-state index in [4.69, 9.17) is 14.6 Å². The number of hydrogen-bond acceptors (Lipinski definition) is 5.